The summed E-state index contributed by atoms with van der Waals surface area (Å²) in [6, 6.07) is 8.26. The number of aromatic nitrogens is 3. The molecule has 0 bridgehead atoms. The van der Waals surface area contributed by atoms with Gasteiger partial charge in [0, 0.05) is 32.2 Å². The van der Waals surface area contributed by atoms with Crippen molar-refractivity contribution >= 4 is 22.5 Å². The Morgan fingerprint density at radius 1 is 1.12 bits per heavy atom. The lowest BCUT2D eigenvalue weighted by Gasteiger charge is -2.37. The van der Waals surface area contributed by atoms with E-state index in [9.17, 15) is 9.18 Å². The van der Waals surface area contributed by atoms with Gasteiger partial charge in [-0.3, -0.25) is 4.79 Å². The topological polar surface area (TPSA) is 74.3 Å². The lowest BCUT2D eigenvalue weighted by molar-refractivity contribution is 0.410. The minimum atomic E-state index is -0.316. The number of piperazine rings is 1. The van der Waals surface area contributed by atoms with Gasteiger partial charge in [0.1, 0.15) is 17.4 Å². The van der Waals surface area contributed by atoms with Crippen LogP contribution in [0.5, 0.6) is 5.75 Å². The smallest absolute Gasteiger partial charge is 0.277 e. The van der Waals surface area contributed by atoms with Crippen molar-refractivity contribution in [2.45, 2.75) is 0 Å². The summed E-state index contributed by atoms with van der Waals surface area (Å²) in [5.41, 5.74) is 1.55. The molecule has 2 aromatic heterocycles. The number of nitrogens with one attached hydrogen (secondary N) is 1. The number of aromatic amines is 1. The maximum Gasteiger partial charge on any atom is 0.277 e. The largest absolute Gasteiger partial charge is 0.494 e. The van der Waals surface area contributed by atoms with Crippen molar-refractivity contribution in [2.75, 3.05) is 43.1 Å². The first-order valence-electron chi connectivity index (χ1n) is 8.33. The Morgan fingerprint density at radius 3 is 2.65 bits per heavy atom. The predicted molar refractivity (Wildman–Crippen MR) is 97.5 cm³/mol. The number of benzene rings is 1. The molecule has 0 spiro atoms. The number of H-pyrrole nitrogens is 1. The number of methoxy groups -OCH3 is 1. The molecule has 1 N–H and O–H groups in total. The summed E-state index contributed by atoms with van der Waals surface area (Å²) in [4.78, 5) is 27.3. The van der Waals surface area contributed by atoms with Crippen molar-refractivity contribution in [1.29, 1.82) is 0 Å². The molecule has 1 aliphatic rings. The van der Waals surface area contributed by atoms with Gasteiger partial charge in [-0.1, -0.05) is 0 Å². The molecule has 7 nitrogen and oxygen atoms in total. The Hall–Kier alpha value is -3.16. The van der Waals surface area contributed by atoms with Crippen molar-refractivity contribution in [1.82, 2.24) is 15.0 Å². The summed E-state index contributed by atoms with van der Waals surface area (Å²) in [5, 5.41) is 0. The van der Waals surface area contributed by atoms with Crippen molar-refractivity contribution in [2.24, 2.45) is 0 Å². The van der Waals surface area contributed by atoms with Crippen LogP contribution in [0.15, 0.2) is 41.5 Å². The minimum Gasteiger partial charge on any atom is -0.494 e. The van der Waals surface area contributed by atoms with Gasteiger partial charge < -0.3 is 19.5 Å². The highest BCUT2D eigenvalue weighted by molar-refractivity contribution is 5.75. The van der Waals surface area contributed by atoms with Gasteiger partial charge >= 0.3 is 0 Å². The van der Waals surface area contributed by atoms with Crippen LogP contribution in [-0.4, -0.2) is 48.2 Å². The second-order valence-corrected chi connectivity index (χ2v) is 6.06. The molecule has 1 aliphatic heterocycles. The third kappa shape index (κ3) is 2.94. The zero-order chi connectivity index (χ0) is 18.1. The van der Waals surface area contributed by atoms with Crippen LogP contribution in [0.1, 0.15) is 0 Å². The highest BCUT2D eigenvalue weighted by Crippen LogP contribution is 2.30. The van der Waals surface area contributed by atoms with E-state index in [1.165, 1.54) is 18.5 Å². The van der Waals surface area contributed by atoms with Crippen LogP contribution in [0.4, 0.5) is 15.9 Å². The number of nitrogens with zero attached hydrogens (tertiary/aromatic N) is 4. The first-order chi connectivity index (χ1) is 12.7. The molecule has 1 fully saturated rings. The van der Waals surface area contributed by atoms with Crippen LogP contribution in [0.3, 0.4) is 0 Å². The van der Waals surface area contributed by atoms with E-state index in [4.69, 9.17) is 4.74 Å². The number of rotatable bonds is 3. The number of pyridine rings is 1. The minimum absolute atomic E-state index is 0.244. The summed E-state index contributed by atoms with van der Waals surface area (Å²) in [5.74, 6) is 0.963. The number of hydrogen-bond acceptors (Lipinski definition) is 6. The van der Waals surface area contributed by atoms with E-state index in [0.29, 0.717) is 16.8 Å². The van der Waals surface area contributed by atoms with E-state index in [0.717, 1.165) is 37.7 Å². The molecule has 0 amide bonds. The summed E-state index contributed by atoms with van der Waals surface area (Å²) >= 11 is 0. The molecule has 1 aromatic carbocycles. The van der Waals surface area contributed by atoms with Crippen LogP contribution in [-0.2, 0) is 0 Å². The third-order valence-electron chi connectivity index (χ3n) is 4.56. The van der Waals surface area contributed by atoms with Gasteiger partial charge in [0.2, 0.25) is 0 Å². The maximum atomic E-state index is 13.4. The molecule has 0 unspecified atom stereocenters. The first-order valence-corrected chi connectivity index (χ1v) is 8.33. The number of hydrogen-bond donors (Lipinski definition) is 1. The van der Waals surface area contributed by atoms with E-state index in [2.05, 4.69) is 24.8 Å². The SMILES string of the molecule is COc1cc(F)ccc1N1CCN(c2ccc3nc[nH]c(=O)c3n2)CC1. The third-order valence-corrected chi connectivity index (χ3v) is 4.56. The monoisotopic (exact) mass is 355 g/mol. The predicted octanol–water partition coefficient (Wildman–Crippen LogP) is 1.79. The van der Waals surface area contributed by atoms with E-state index in [1.54, 1.807) is 13.2 Å². The van der Waals surface area contributed by atoms with E-state index >= 15 is 0 Å². The lowest BCUT2D eigenvalue weighted by atomic mass is 10.2. The Morgan fingerprint density at radius 2 is 1.88 bits per heavy atom. The molecular weight excluding hydrogens is 337 g/mol. The average molecular weight is 355 g/mol. The van der Waals surface area contributed by atoms with E-state index < -0.39 is 0 Å². The first kappa shape index (κ1) is 16.3. The van der Waals surface area contributed by atoms with Crippen molar-refractivity contribution in [3.8, 4) is 5.75 Å². The second-order valence-electron chi connectivity index (χ2n) is 6.06. The molecule has 1 saturated heterocycles. The fraction of sp³-hybridized carbons (Fsp3) is 0.278. The number of fused-ring (bicyclic) bond motifs is 1. The van der Waals surface area contributed by atoms with Gasteiger partial charge in [-0.25, -0.2) is 14.4 Å². The molecule has 3 aromatic rings. The lowest BCUT2D eigenvalue weighted by Crippen LogP contribution is -2.47. The van der Waals surface area contributed by atoms with E-state index in [-0.39, 0.29) is 11.4 Å². The highest BCUT2D eigenvalue weighted by Gasteiger charge is 2.21. The van der Waals surface area contributed by atoms with Gasteiger partial charge in [0.05, 0.1) is 24.6 Å². The van der Waals surface area contributed by atoms with Crippen molar-refractivity contribution in [3.05, 3.63) is 52.8 Å². The Kier molecular flexibility index (Phi) is 4.16. The molecule has 26 heavy (non-hydrogen) atoms. The number of ether oxygens (including phenoxy) is 1. The zero-order valence-corrected chi connectivity index (χ0v) is 14.3. The van der Waals surface area contributed by atoms with Crippen molar-refractivity contribution in [3.63, 3.8) is 0 Å². The molecule has 0 saturated carbocycles. The molecule has 8 heteroatoms. The highest BCUT2D eigenvalue weighted by atomic mass is 19.1. The average Bonchev–Trinajstić information content (AvgIpc) is 2.68. The molecule has 134 valence electrons. The van der Waals surface area contributed by atoms with Crippen LogP contribution in [0.25, 0.3) is 11.0 Å². The standard InChI is InChI=1S/C18H18FN5O2/c1-26-15-10-12(19)2-4-14(15)23-6-8-24(9-7-23)16-5-3-13-17(22-16)18(25)21-11-20-13/h2-5,10-11H,6-9H2,1H3,(H,20,21,25). The molecular formula is C18H18FN5O2. The van der Waals surface area contributed by atoms with Gasteiger partial charge in [-0.2, -0.15) is 0 Å². The molecule has 0 aliphatic carbocycles. The van der Waals surface area contributed by atoms with Crippen molar-refractivity contribution < 1.29 is 9.13 Å². The number of anilines is 2. The van der Waals surface area contributed by atoms with E-state index in [1.807, 2.05) is 12.1 Å². The Bertz CT molecular complexity index is 998. The fourth-order valence-corrected chi connectivity index (χ4v) is 3.21. The number of halogens is 1. The maximum absolute atomic E-state index is 13.4. The zero-order valence-electron chi connectivity index (χ0n) is 14.3. The van der Waals surface area contributed by atoms with Crippen LogP contribution >= 0.6 is 0 Å². The summed E-state index contributed by atoms with van der Waals surface area (Å²) in [6.45, 7) is 2.95. The summed E-state index contributed by atoms with van der Waals surface area (Å²) < 4.78 is 18.7. The van der Waals surface area contributed by atoms with Gasteiger partial charge in [-0.05, 0) is 24.3 Å². The second kappa shape index (κ2) is 6.62. The molecule has 3 heterocycles. The molecule has 4 rings (SSSR count). The quantitative estimate of drug-likeness (QED) is 0.772. The summed E-state index contributed by atoms with van der Waals surface area (Å²) in [6.07, 6.45) is 1.38. The summed E-state index contributed by atoms with van der Waals surface area (Å²) in [7, 11) is 1.54. The molecule has 0 radical (unpaired) electrons. The van der Waals surface area contributed by atoms with Crippen LogP contribution in [0.2, 0.25) is 0 Å². The Labute approximate surface area is 149 Å². The fourth-order valence-electron chi connectivity index (χ4n) is 3.21. The molecule has 0 atom stereocenters. The van der Waals surface area contributed by atoms with Gasteiger partial charge in [0.25, 0.3) is 5.56 Å². The van der Waals surface area contributed by atoms with Gasteiger partial charge in [0.15, 0.2) is 5.52 Å². The van der Waals surface area contributed by atoms with Gasteiger partial charge in [-0.15, -0.1) is 0 Å². The van der Waals surface area contributed by atoms with Crippen LogP contribution in [0, 0.1) is 5.82 Å². The van der Waals surface area contributed by atoms with Crippen LogP contribution < -0.4 is 20.1 Å². The Balaban J connectivity index is 1.54. The normalized spacial score (nSPS) is 14.7.